The van der Waals surface area contributed by atoms with Crippen LogP contribution in [0.15, 0.2) is 4.99 Å². The lowest BCUT2D eigenvalue weighted by molar-refractivity contribution is 0.430. The highest BCUT2D eigenvalue weighted by Gasteiger charge is 2.11. The molecular weight excluding hydrogens is 136 g/mol. The van der Waals surface area contributed by atoms with E-state index in [1.807, 2.05) is 0 Å². The Bertz CT molecular complexity index is 150. The summed E-state index contributed by atoms with van der Waals surface area (Å²) >= 11 is 0. The van der Waals surface area contributed by atoms with Crippen LogP contribution in [-0.2, 0) is 0 Å². The van der Waals surface area contributed by atoms with Crippen molar-refractivity contribution in [2.24, 2.45) is 4.99 Å². The van der Waals surface area contributed by atoms with Crippen LogP contribution in [0.3, 0.4) is 0 Å². The fourth-order valence-electron chi connectivity index (χ4n) is 1.41. The summed E-state index contributed by atoms with van der Waals surface area (Å²) in [6, 6.07) is 0.450. The highest BCUT2D eigenvalue weighted by Crippen LogP contribution is 2.10. The van der Waals surface area contributed by atoms with Crippen LogP contribution >= 0.6 is 0 Å². The van der Waals surface area contributed by atoms with E-state index in [-0.39, 0.29) is 0 Å². The van der Waals surface area contributed by atoms with Gasteiger partial charge in [-0.2, -0.15) is 0 Å². The maximum absolute atomic E-state index is 4.56. The number of nitrogens with zero attached hydrogens (tertiary/aromatic N) is 2. The highest BCUT2D eigenvalue weighted by atomic mass is 15.2. The SMILES string of the molecule is CC(C)/N=C1\CCCCN1C. The molecule has 64 valence electrons. The van der Waals surface area contributed by atoms with Gasteiger partial charge >= 0.3 is 0 Å². The summed E-state index contributed by atoms with van der Waals surface area (Å²) in [6.45, 7) is 5.45. The summed E-state index contributed by atoms with van der Waals surface area (Å²) in [6.07, 6.45) is 3.82. The summed E-state index contributed by atoms with van der Waals surface area (Å²) < 4.78 is 0. The van der Waals surface area contributed by atoms with Gasteiger partial charge in [-0.1, -0.05) is 0 Å². The zero-order chi connectivity index (χ0) is 8.27. The van der Waals surface area contributed by atoms with Crippen LogP contribution in [0.25, 0.3) is 0 Å². The molecule has 11 heavy (non-hydrogen) atoms. The smallest absolute Gasteiger partial charge is 0.0989 e. The van der Waals surface area contributed by atoms with Gasteiger partial charge in [0.2, 0.25) is 0 Å². The Morgan fingerprint density at radius 2 is 2.09 bits per heavy atom. The third-order valence-corrected chi connectivity index (χ3v) is 1.99. The van der Waals surface area contributed by atoms with Crippen LogP contribution < -0.4 is 0 Å². The lowest BCUT2D eigenvalue weighted by Gasteiger charge is -2.26. The van der Waals surface area contributed by atoms with Crippen LogP contribution in [0.5, 0.6) is 0 Å². The molecule has 2 nitrogen and oxygen atoms in total. The standard InChI is InChI=1S/C9H18N2/c1-8(2)10-9-6-4-5-7-11(9)3/h8H,4-7H2,1-3H3/b10-9+. The Morgan fingerprint density at radius 3 is 2.64 bits per heavy atom. The second-order valence-corrected chi connectivity index (χ2v) is 3.52. The highest BCUT2D eigenvalue weighted by molar-refractivity contribution is 5.82. The zero-order valence-corrected chi connectivity index (χ0v) is 7.80. The minimum atomic E-state index is 0.450. The molecule has 0 aromatic heterocycles. The second-order valence-electron chi connectivity index (χ2n) is 3.52. The van der Waals surface area contributed by atoms with Crippen molar-refractivity contribution in [2.75, 3.05) is 13.6 Å². The third kappa shape index (κ3) is 2.52. The summed E-state index contributed by atoms with van der Waals surface area (Å²) in [7, 11) is 2.14. The maximum atomic E-state index is 4.56. The van der Waals surface area contributed by atoms with Gasteiger partial charge in [0.25, 0.3) is 0 Å². The van der Waals surface area contributed by atoms with E-state index in [1.54, 1.807) is 0 Å². The van der Waals surface area contributed by atoms with E-state index < -0.39 is 0 Å². The number of hydrogen-bond acceptors (Lipinski definition) is 1. The molecule has 0 bridgehead atoms. The molecule has 0 aromatic rings. The largest absolute Gasteiger partial charge is 0.363 e. The Morgan fingerprint density at radius 1 is 1.36 bits per heavy atom. The molecular formula is C9H18N2. The Balaban J connectivity index is 2.53. The summed E-state index contributed by atoms with van der Waals surface area (Å²) in [4.78, 5) is 6.84. The first-order valence-electron chi connectivity index (χ1n) is 4.48. The molecule has 1 aliphatic rings. The minimum Gasteiger partial charge on any atom is -0.363 e. The number of amidine groups is 1. The predicted octanol–water partition coefficient (Wildman–Crippen LogP) is 1.91. The van der Waals surface area contributed by atoms with E-state index in [9.17, 15) is 0 Å². The van der Waals surface area contributed by atoms with Gasteiger partial charge in [0, 0.05) is 26.1 Å². The van der Waals surface area contributed by atoms with Crippen LogP contribution in [0.1, 0.15) is 33.1 Å². The molecule has 0 amide bonds. The summed E-state index contributed by atoms with van der Waals surface area (Å²) in [5.41, 5.74) is 0. The normalized spacial score (nSPS) is 23.3. The van der Waals surface area contributed by atoms with Crippen LogP contribution in [0, 0.1) is 0 Å². The lowest BCUT2D eigenvalue weighted by atomic mass is 10.1. The number of likely N-dealkylation sites (tertiary alicyclic amines) is 1. The Kier molecular flexibility index (Phi) is 2.92. The van der Waals surface area contributed by atoms with Crippen molar-refractivity contribution in [3.8, 4) is 0 Å². The van der Waals surface area contributed by atoms with E-state index in [0.29, 0.717) is 6.04 Å². The summed E-state index contributed by atoms with van der Waals surface area (Å²) in [5.74, 6) is 1.30. The zero-order valence-electron chi connectivity index (χ0n) is 7.80. The topological polar surface area (TPSA) is 15.6 Å². The third-order valence-electron chi connectivity index (χ3n) is 1.99. The van der Waals surface area contributed by atoms with Crippen LogP contribution in [0.2, 0.25) is 0 Å². The average molecular weight is 154 g/mol. The first-order chi connectivity index (χ1) is 5.20. The maximum Gasteiger partial charge on any atom is 0.0989 e. The van der Waals surface area contributed by atoms with E-state index in [0.717, 1.165) is 0 Å². The number of aliphatic imine (C=N–C) groups is 1. The van der Waals surface area contributed by atoms with Gasteiger partial charge in [0.05, 0.1) is 5.84 Å². The van der Waals surface area contributed by atoms with E-state index in [2.05, 4.69) is 30.8 Å². The average Bonchev–Trinajstić information content (AvgIpc) is 1.93. The Labute approximate surface area is 69.3 Å². The lowest BCUT2D eigenvalue weighted by Crippen LogP contribution is -2.32. The molecule has 0 saturated carbocycles. The van der Waals surface area contributed by atoms with Crippen molar-refractivity contribution in [2.45, 2.75) is 39.2 Å². The monoisotopic (exact) mass is 154 g/mol. The molecule has 0 unspecified atom stereocenters. The molecule has 0 atom stereocenters. The first kappa shape index (κ1) is 8.57. The van der Waals surface area contributed by atoms with Gasteiger partial charge < -0.3 is 4.90 Å². The summed E-state index contributed by atoms with van der Waals surface area (Å²) in [5, 5.41) is 0. The first-order valence-corrected chi connectivity index (χ1v) is 4.48. The van der Waals surface area contributed by atoms with E-state index in [1.165, 1.54) is 31.6 Å². The number of hydrogen-bond donors (Lipinski definition) is 0. The van der Waals surface area contributed by atoms with Gasteiger partial charge in [0.1, 0.15) is 0 Å². The van der Waals surface area contributed by atoms with Crippen molar-refractivity contribution in [1.82, 2.24) is 4.90 Å². The Hall–Kier alpha value is -0.530. The fraction of sp³-hybridized carbons (Fsp3) is 0.889. The van der Waals surface area contributed by atoms with Gasteiger partial charge in [-0.05, 0) is 26.7 Å². The second kappa shape index (κ2) is 3.74. The molecule has 1 fully saturated rings. The number of piperidine rings is 1. The molecule has 1 rings (SSSR count). The number of rotatable bonds is 1. The van der Waals surface area contributed by atoms with Crippen molar-refractivity contribution < 1.29 is 0 Å². The van der Waals surface area contributed by atoms with Gasteiger partial charge in [0.15, 0.2) is 0 Å². The molecule has 1 heterocycles. The van der Waals surface area contributed by atoms with Gasteiger partial charge in [-0.3, -0.25) is 4.99 Å². The quantitative estimate of drug-likeness (QED) is 0.563. The van der Waals surface area contributed by atoms with Crippen molar-refractivity contribution in [1.29, 1.82) is 0 Å². The minimum absolute atomic E-state index is 0.450. The van der Waals surface area contributed by atoms with Crippen molar-refractivity contribution in [3.05, 3.63) is 0 Å². The molecule has 0 aromatic carbocycles. The molecule has 2 heteroatoms. The molecule has 0 aliphatic carbocycles. The molecule has 0 radical (unpaired) electrons. The van der Waals surface area contributed by atoms with Crippen molar-refractivity contribution >= 4 is 5.84 Å². The van der Waals surface area contributed by atoms with E-state index >= 15 is 0 Å². The van der Waals surface area contributed by atoms with Crippen molar-refractivity contribution in [3.63, 3.8) is 0 Å². The van der Waals surface area contributed by atoms with E-state index in [4.69, 9.17) is 0 Å². The van der Waals surface area contributed by atoms with Crippen LogP contribution in [0.4, 0.5) is 0 Å². The fourth-order valence-corrected chi connectivity index (χ4v) is 1.41. The molecule has 0 N–H and O–H groups in total. The molecule has 0 spiro atoms. The van der Waals surface area contributed by atoms with Gasteiger partial charge in [-0.25, -0.2) is 0 Å². The molecule has 1 aliphatic heterocycles. The molecule has 1 saturated heterocycles. The van der Waals surface area contributed by atoms with Gasteiger partial charge in [-0.15, -0.1) is 0 Å². The predicted molar refractivity (Wildman–Crippen MR) is 49.1 cm³/mol. The van der Waals surface area contributed by atoms with Crippen LogP contribution in [-0.4, -0.2) is 30.4 Å².